The normalized spacial score (nSPS) is 18.9. The maximum absolute atomic E-state index is 12.7. The summed E-state index contributed by atoms with van der Waals surface area (Å²) < 4.78 is 0. The number of hydrogen-bond donors (Lipinski definition) is 1. The molecule has 1 aromatic heterocycles. The fourth-order valence-electron chi connectivity index (χ4n) is 2.56. The van der Waals surface area contributed by atoms with Crippen LogP contribution in [0, 0.1) is 11.8 Å². The summed E-state index contributed by atoms with van der Waals surface area (Å²) in [5.41, 5.74) is 6.70. The average Bonchev–Trinajstić information content (AvgIpc) is 2.69. The second kappa shape index (κ2) is 7.06. The van der Waals surface area contributed by atoms with Gasteiger partial charge in [-0.2, -0.15) is 0 Å². The van der Waals surface area contributed by atoms with Gasteiger partial charge >= 0.3 is 0 Å². The molecule has 1 atom stereocenters. The number of aromatic nitrogens is 1. The van der Waals surface area contributed by atoms with Crippen molar-refractivity contribution in [3.63, 3.8) is 0 Å². The maximum Gasteiger partial charge on any atom is 0.255 e. The largest absolute Gasteiger partial charge is 0.336 e. The minimum absolute atomic E-state index is 0.0584. The van der Waals surface area contributed by atoms with Crippen LogP contribution in [0.1, 0.15) is 48.5 Å². The highest BCUT2D eigenvalue weighted by Gasteiger charge is 2.24. The molecular weight excluding hydrogens is 250 g/mol. The summed E-state index contributed by atoms with van der Waals surface area (Å²) in [5.74, 6) is 5.79. The van der Waals surface area contributed by atoms with E-state index in [1.807, 2.05) is 4.90 Å². The van der Waals surface area contributed by atoms with E-state index < -0.39 is 0 Å². The average molecular weight is 271 g/mol. The Hall–Kier alpha value is -1.86. The minimum Gasteiger partial charge on any atom is -0.336 e. The fraction of sp³-hybridized carbons (Fsp3) is 0.500. The highest BCUT2D eigenvalue weighted by molar-refractivity contribution is 5.96. The molecule has 4 heteroatoms. The van der Waals surface area contributed by atoms with E-state index in [0.29, 0.717) is 11.1 Å². The quantitative estimate of drug-likeness (QED) is 0.792. The van der Waals surface area contributed by atoms with Crippen LogP contribution in [0.15, 0.2) is 18.5 Å². The Labute approximate surface area is 120 Å². The highest BCUT2D eigenvalue weighted by Crippen LogP contribution is 2.20. The minimum atomic E-state index is 0.0584. The number of rotatable bonds is 1. The summed E-state index contributed by atoms with van der Waals surface area (Å²) in [5, 5.41) is 0. The summed E-state index contributed by atoms with van der Waals surface area (Å²) in [6.45, 7) is 3.23. The molecule has 1 unspecified atom stereocenters. The van der Waals surface area contributed by atoms with Gasteiger partial charge in [0.1, 0.15) is 0 Å². The van der Waals surface area contributed by atoms with E-state index in [-0.39, 0.29) is 18.5 Å². The van der Waals surface area contributed by atoms with E-state index in [4.69, 9.17) is 5.73 Å². The van der Waals surface area contributed by atoms with Crippen LogP contribution in [0.5, 0.6) is 0 Å². The number of likely N-dealkylation sites (tertiary alicyclic amines) is 1. The molecule has 0 saturated carbocycles. The van der Waals surface area contributed by atoms with Gasteiger partial charge in [-0.3, -0.25) is 9.78 Å². The lowest BCUT2D eigenvalue weighted by Gasteiger charge is -2.27. The predicted octanol–water partition coefficient (Wildman–Crippen LogP) is 1.80. The molecule has 20 heavy (non-hydrogen) atoms. The number of pyridine rings is 1. The Morgan fingerprint density at radius 3 is 3.15 bits per heavy atom. The van der Waals surface area contributed by atoms with Gasteiger partial charge in [-0.1, -0.05) is 24.7 Å². The Bertz CT molecular complexity index is 530. The molecule has 1 amide bonds. The molecule has 1 aliphatic heterocycles. The van der Waals surface area contributed by atoms with Crippen molar-refractivity contribution in [3.05, 3.63) is 29.6 Å². The van der Waals surface area contributed by atoms with Gasteiger partial charge in [0.2, 0.25) is 0 Å². The predicted molar refractivity (Wildman–Crippen MR) is 79.1 cm³/mol. The number of nitrogens with two attached hydrogens (primary N) is 1. The summed E-state index contributed by atoms with van der Waals surface area (Å²) in [6.07, 6.45) is 7.82. The lowest BCUT2D eigenvalue weighted by Crippen LogP contribution is -2.38. The van der Waals surface area contributed by atoms with Crippen molar-refractivity contribution in [2.75, 3.05) is 13.1 Å². The molecule has 4 nitrogen and oxygen atoms in total. The number of nitrogens with zero attached hydrogens (tertiary/aromatic N) is 2. The van der Waals surface area contributed by atoms with E-state index in [1.54, 1.807) is 18.5 Å². The standard InChI is InChI=1S/C16H21N3O/c1-13-6-3-2-4-11-19(13)16(20)15-8-10-18-12-14(15)7-5-9-17/h8,10,12-13H,2-4,6,9,11,17H2,1H3. The zero-order valence-electron chi connectivity index (χ0n) is 11.9. The van der Waals surface area contributed by atoms with Crippen LogP contribution in [0.25, 0.3) is 0 Å². The zero-order chi connectivity index (χ0) is 14.4. The van der Waals surface area contributed by atoms with Gasteiger partial charge in [0.05, 0.1) is 17.7 Å². The molecule has 0 aliphatic carbocycles. The second-order valence-electron chi connectivity index (χ2n) is 5.12. The van der Waals surface area contributed by atoms with Gasteiger partial charge < -0.3 is 10.6 Å². The van der Waals surface area contributed by atoms with Crippen LogP contribution in [0.2, 0.25) is 0 Å². The zero-order valence-corrected chi connectivity index (χ0v) is 11.9. The molecule has 0 aromatic carbocycles. The van der Waals surface area contributed by atoms with Gasteiger partial charge in [0, 0.05) is 25.0 Å². The molecule has 0 spiro atoms. The van der Waals surface area contributed by atoms with E-state index in [9.17, 15) is 4.79 Å². The van der Waals surface area contributed by atoms with Gasteiger partial charge in [0.25, 0.3) is 5.91 Å². The molecule has 1 aliphatic rings. The Morgan fingerprint density at radius 1 is 1.50 bits per heavy atom. The van der Waals surface area contributed by atoms with Crippen LogP contribution in [0.3, 0.4) is 0 Å². The topological polar surface area (TPSA) is 59.2 Å². The van der Waals surface area contributed by atoms with Crippen LogP contribution in [0.4, 0.5) is 0 Å². The van der Waals surface area contributed by atoms with Crippen LogP contribution in [-0.2, 0) is 0 Å². The smallest absolute Gasteiger partial charge is 0.255 e. The summed E-state index contributed by atoms with van der Waals surface area (Å²) in [7, 11) is 0. The molecule has 1 aromatic rings. The Balaban J connectivity index is 2.28. The first-order valence-corrected chi connectivity index (χ1v) is 7.18. The first kappa shape index (κ1) is 14.5. The molecule has 0 radical (unpaired) electrons. The second-order valence-corrected chi connectivity index (χ2v) is 5.12. The van der Waals surface area contributed by atoms with Crippen LogP contribution in [-0.4, -0.2) is 34.9 Å². The van der Waals surface area contributed by atoms with Gasteiger partial charge in [0.15, 0.2) is 0 Å². The molecule has 2 rings (SSSR count). The van der Waals surface area contributed by atoms with E-state index in [2.05, 4.69) is 23.7 Å². The molecule has 1 fully saturated rings. The SMILES string of the molecule is CC1CCCCCN1C(=O)c1ccncc1C#CCN. The van der Waals surface area contributed by atoms with Crippen molar-refractivity contribution in [2.45, 2.75) is 38.6 Å². The van der Waals surface area contributed by atoms with Crippen molar-refractivity contribution < 1.29 is 4.79 Å². The molecule has 2 heterocycles. The molecule has 106 valence electrons. The van der Waals surface area contributed by atoms with Crippen molar-refractivity contribution in [2.24, 2.45) is 5.73 Å². The third kappa shape index (κ3) is 3.37. The van der Waals surface area contributed by atoms with Crippen molar-refractivity contribution in [3.8, 4) is 11.8 Å². The summed E-state index contributed by atoms with van der Waals surface area (Å²) in [4.78, 5) is 18.8. The molecule has 1 saturated heterocycles. The first-order valence-electron chi connectivity index (χ1n) is 7.18. The Morgan fingerprint density at radius 2 is 2.35 bits per heavy atom. The van der Waals surface area contributed by atoms with Crippen molar-refractivity contribution in [1.29, 1.82) is 0 Å². The summed E-state index contributed by atoms with van der Waals surface area (Å²) >= 11 is 0. The lowest BCUT2D eigenvalue weighted by molar-refractivity contribution is 0.0697. The van der Waals surface area contributed by atoms with Crippen molar-refractivity contribution in [1.82, 2.24) is 9.88 Å². The molecular formula is C16H21N3O. The highest BCUT2D eigenvalue weighted by atomic mass is 16.2. The van der Waals surface area contributed by atoms with Gasteiger partial charge in [-0.05, 0) is 25.8 Å². The lowest BCUT2D eigenvalue weighted by atomic mass is 10.1. The number of amides is 1. The summed E-state index contributed by atoms with van der Waals surface area (Å²) in [6, 6.07) is 2.04. The number of hydrogen-bond acceptors (Lipinski definition) is 3. The van der Waals surface area contributed by atoms with E-state index >= 15 is 0 Å². The third-order valence-corrected chi connectivity index (χ3v) is 3.69. The first-order chi connectivity index (χ1) is 9.74. The number of carbonyl (C=O) groups is 1. The monoisotopic (exact) mass is 271 g/mol. The molecule has 2 N–H and O–H groups in total. The Kier molecular flexibility index (Phi) is 5.14. The van der Waals surface area contributed by atoms with Gasteiger partial charge in [-0.15, -0.1) is 0 Å². The maximum atomic E-state index is 12.7. The third-order valence-electron chi connectivity index (χ3n) is 3.69. The fourth-order valence-corrected chi connectivity index (χ4v) is 2.56. The van der Waals surface area contributed by atoms with E-state index in [1.165, 1.54) is 12.8 Å². The van der Waals surface area contributed by atoms with Gasteiger partial charge in [-0.25, -0.2) is 0 Å². The van der Waals surface area contributed by atoms with E-state index in [0.717, 1.165) is 19.4 Å². The molecule has 0 bridgehead atoms. The van der Waals surface area contributed by atoms with Crippen molar-refractivity contribution >= 4 is 5.91 Å². The number of carbonyl (C=O) groups excluding carboxylic acids is 1. The van der Waals surface area contributed by atoms with Crippen LogP contribution >= 0.6 is 0 Å². The van der Waals surface area contributed by atoms with Crippen LogP contribution < -0.4 is 5.73 Å².